The Hall–Kier alpha value is -2.92. The van der Waals surface area contributed by atoms with Gasteiger partial charge in [-0.25, -0.2) is 4.79 Å². The number of benzene rings is 1. The minimum Gasteiger partial charge on any atom is -0.465 e. The second-order valence-corrected chi connectivity index (χ2v) is 7.74. The van der Waals surface area contributed by atoms with E-state index in [4.69, 9.17) is 4.74 Å². The number of esters is 1. The second-order valence-electron chi connectivity index (χ2n) is 5.54. The van der Waals surface area contributed by atoms with Gasteiger partial charge < -0.3 is 9.72 Å². The van der Waals surface area contributed by atoms with Crippen molar-refractivity contribution in [3.05, 3.63) is 52.2 Å². The first kappa shape index (κ1) is 19.8. The van der Waals surface area contributed by atoms with Crippen LogP contribution in [0, 0.1) is 6.92 Å². The van der Waals surface area contributed by atoms with Gasteiger partial charge in [-0.2, -0.15) is 0 Å². The van der Waals surface area contributed by atoms with Crippen LogP contribution in [0.3, 0.4) is 0 Å². The minimum absolute atomic E-state index is 0.135. The highest BCUT2D eigenvalue weighted by molar-refractivity contribution is 8.01. The number of hydrogen-bond donors (Lipinski definition) is 2. The van der Waals surface area contributed by atoms with E-state index in [0.717, 1.165) is 5.69 Å². The molecule has 0 saturated heterocycles. The number of aryl methyl sites for hydroxylation is 1. The van der Waals surface area contributed by atoms with Crippen molar-refractivity contribution in [3.63, 3.8) is 0 Å². The van der Waals surface area contributed by atoms with E-state index in [1.165, 1.54) is 27.7 Å². The number of aromatic nitrogens is 4. The van der Waals surface area contributed by atoms with Gasteiger partial charge in [0, 0.05) is 17.5 Å². The van der Waals surface area contributed by atoms with Gasteiger partial charge in [-0.15, -0.1) is 10.2 Å². The Kier molecular flexibility index (Phi) is 6.26. The lowest BCUT2D eigenvalue weighted by Crippen LogP contribution is -2.16. The summed E-state index contributed by atoms with van der Waals surface area (Å²) in [5.74, 6) is -0.538. The lowest BCUT2D eigenvalue weighted by Gasteiger charge is -2.05. The van der Waals surface area contributed by atoms with Crippen LogP contribution < -0.4 is 11.0 Å². The van der Waals surface area contributed by atoms with Gasteiger partial charge in [0.15, 0.2) is 4.34 Å². The highest BCUT2D eigenvalue weighted by atomic mass is 32.2. The lowest BCUT2D eigenvalue weighted by atomic mass is 10.2. The zero-order chi connectivity index (χ0) is 20.1. The van der Waals surface area contributed by atoms with Crippen LogP contribution in [0.25, 0.3) is 5.69 Å². The summed E-state index contributed by atoms with van der Waals surface area (Å²) in [5, 5.41) is 10.8. The second kappa shape index (κ2) is 8.85. The van der Waals surface area contributed by atoms with E-state index in [0.29, 0.717) is 27.3 Å². The molecule has 0 saturated carbocycles. The average Bonchev–Trinajstić information content (AvgIpc) is 3.26. The van der Waals surface area contributed by atoms with E-state index in [1.54, 1.807) is 37.4 Å². The molecule has 0 radical (unpaired) electrons. The number of ether oxygens (including phenoxy) is 1. The summed E-state index contributed by atoms with van der Waals surface area (Å²) in [7, 11) is 0. The molecule has 3 rings (SSSR count). The molecule has 0 aliphatic rings. The number of aromatic amines is 1. The van der Waals surface area contributed by atoms with Crippen LogP contribution in [0.15, 0.2) is 39.6 Å². The van der Waals surface area contributed by atoms with Gasteiger partial charge in [-0.05, 0) is 38.1 Å². The van der Waals surface area contributed by atoms with Crippen molar-refractivity contribution in [3.8, 4) is 5.69 Å². The van der Waals surface area contributed by atoms with Gasteiger partial charge in [-0.1, -0.05) is 23.1 Å². The summed E-state index contributed by atoms with van der Waals surface area (Å²) in [5.41, 5.74) is 1.61. The van der Waals surface area contributed by atoms with Crippen LogP contribution in [0.1, 0.15) is 23.0 Å². The molecule has 0 aliphatic carbocycles. The van der Waals surface area contributed by atoms with E-state index < -0.39 is 0 Å². The van der Waals surface area contributed by atoms with Crippen LogP contribution in [-0.2, 0) is 9.53 Å². The maximum atomic E-state index is 12.4. The number of nitrogens with zero attached hydrogens (tertiary/aromatic N) is 3. The molecule has 3 aromatic rings. The topological polar surface area (TPSA) is 119 Å². The molecular weight excluding hydrogens is 402 g/mol. The Bertz CT molecular complexity index is 1040. The molecule has 1 amide bonds. The van der Waals surface area contributed by atoms with E-state index in [9.17, 15) is 14.4 Å². The molecule has 1 aromatic carbocycles. The maximum Gasteiger partial charge on any atom is 0.330 e. The third-order valence-electron chi connectivity index (χ3n) is 3.59. The average molecular weight is 419 g/mol. The first-order valence-electron chi connectivity index (χ1n) is 8.28. The number of carbonyl (C=O) groups excluding carboxylic acids is 2. The van der Waals surface area contributed by atoms with Crippen LogP contribution in [0.5, 0.6) is 0 Å². The highest BCUT2D eigenvalue weighted by Gasteiger charge is 2.13. The zero-order valence-electron chi connectivity index (χ0n) is 15.1. The number of imidazole rings is 1. The predicted octanol–water partition coefficient (Wildman–Crippen LogP) is 2.23. The fourth-order valence-corrected chi connectivity index (χ4v) is 3.89. The fraction of sp³-hybridized carbons (Fsp3) is 0.235. The molecule has 0 unspecified atom stereocenters. The third-order valence-corrected chi connectivity index (χ3v) is 5.54. The minimum atomic E-state index is -0.345. The highest BCUT2D eigenvalue weighted by Crippen LogP contribution is 2.26. The van der Waals surface area contributed by atoms with E-state index in [1.807, 2.05) is 6.92 Å². The Labute approximate surface area is 168 Å². The molecule has 2 N–H and O–H groups in total. The number of H-pyrrole nitrogens is 1. The largest absolute Gasteiger partial charge is 0.465 e. The number of nitrogens with one attached hydrogen (secondary N) is 2. The summed E-state index contributed by atoms with van der Waals surface area (Å²) in [6, 6.07) is 6.64. The monoisotopic (exact) mass is 419 g/mol. The molecule has 146 valence electrons. The van der Waals surface area contributed by atoms with Crippen LogP contribution in [0.4, 0.5) is 5.13 Å². The maximum absolute atomic E-state index is 12.4. The quantitative estimate of drug-likeness (QED) is 0.342. The molecule has 0 spiro atoms. The van der Waals surface area contributed by atoms with Crippen molar-refractivity contribution in [1.82, 2.24) is 19.7 Å². The van der Waals surface area contributed by atoms with Crippen molar-refractivity contribution < 1.29 is 14.3 Å². The Morgan fingerprint density at radius 1 is 1.29 bits per heavy atom. The normalized spacial score (nSPS) is 10.6. The molecule has 9 nitrogen and oxygen atoms in total. The SMILES string of the molecule is CCOC(=O)CSc1nnc(NC(=O)c2ccc(-n3c(C)c[nH]c3=O)cc2)s1. The smallest absolute Gasteiger partial charge is 0.330 e. The molecule has 0 aliphatic heterocycles. The van der Waals surface area contributed by atoms with Crippen molar-refractivity contribution >= 4 is 40.1 Å². The molecular formula is C17H17N5O4S2. The van der Waals surface area contributed by atoms with Gasteiger partial charge >= 0.3 is 11.7 Å². The van der Waals surface area contributed by atoms with Gasteiger partial charge in [0.25, 0.3) is 5.91 Å². The van der Waals surface area contributed by atoms with Crippen molar-refractivity contribution in [2.75, 3.05) is 17.7 Å². The summed E-state index contributed by atoms with van der Waals surface area (Å²) in [6.07, 6.45) is 1.62. The predicted molar refractivity (Wildman–Crippen MR) is 106 cm³/mol. The summed E-state index contributed by atoms with van der Waals surface area (Å²) in [4.78, 5) is 38.2. The first-order valence-corrected chi connectivity index (χ1v) is 10.1. The van der Waals surface area contributed by atoms with Crippen LogP contribution >= 0.6 is 23.1 Å². The fourth-order valence-electron chi connectivity index (χ4n) is 2.35. The lowest BCUT2D eigenvalue weighted by molar-refractivity contribution is -0.139. The van der Waals surface area contributed by atoms with Crippen LogP contribution in [0.2, 0.25) is 0 Å². The van der Waals surface area contributed by atoms with Crippen molar-refractivity contribution in [1.29, 1.82) is 0 Å². The molecule has 0 atom stereocenters. The number of thioether (sulfide) groups is 1. The van der Waals surface area contributed by atoms with Crippen molar-refractivity contribution in [2.45, 2.75) is 18.2 Å². The number of rotatable bonds is 7. The summed E-state index contributed by atoms with van der Waals surface area (Å²) in [6.45, 7) is 3.88. The summed E-state index contributed by atoms with van der Waals surface area (Å²) < 4.78 is 6.92. The number of anilines is 1. The summed E-state index contributed by atoms with van der Waals surface area (Å²) >= 11 is 2.37. The van der Waals surface area contributed by atoms with Gasteiger partial charge in [0.05, 0.1) is 18.0 Å². The molecule has 2 heterocycles. The van der Waals surface area contributed by atoms with E-state index in [2.05, 4.69) is 20.5 Å². The Morgan fingerprint density at radius 3 is 2.68 bits per heavy atom. The van der Waals surface area contributed by atoms with E-state index >= 15 is 0 Å². The van der Waals surface area contributed by atoms with E-state index in [-0.39, 0.29) is 23.3 Å². The Balaban J connectivity index is 1.62. The van der Waals surface area contributed by atoms with Gasteiger partial charge in [0.2, 0.25) is 5.13 Å². The standard InChI is InChI=1S/C17H17N5O4S2/c1-3-26-13(23)9-27-17-21-20-15(28-17)19-14(24)11-4-6-12(7-5-11)22-10(2)8-18-16(22)25/h4-8H,3,9H2,1-2H3,(H,18,25)(H,19,20,24). The third kappa shape index (κ3) is 4.67. The molecule has 0 bridgehead atoms. The molecule has 28 heavy (non-hydrogen) atoms. The van der Waals surface area contributed by atoms with Crippen LogP contribution in [-0.4, -0.2) is 44.0 Å². The van der Waals surface area contributed by atoms with Crippen molar-refractivity contribution in [2.24, 2.45) is 0 Å². The van der Waals surface area contributed by atoms with Gasteiger partial charge in [-0.3, -0.25) is 19.5 Å². The number of carbonyl (C=O) groups is 2. The molecule has 11 heteroatoms. The van der Waals surface area contributed by atoms with Gasteiger partial charge in [0.1, 0.15) is 0 Å². The number of amides is 1. The molecule has 2 aromatic heterocycles. The first-order chi connectivity index (χ1) is 13.5. The molecule has 0 fully saturated rings. The Morgan fingerprint density at radius 2 is 2.04 bits per heavy atom. The number of hydrogen-bond acceptors (Lipinski definition) is 8. The zero-order valence-corrected chi connectivity index (χ0v) is 16.7.